The summed E-state index contributed by atoms with van der Waals surface area (Å²) in [7, 11) is 0. The first-order valence-corrected chi connectivity index (χ1v) is 18.5. The highest BCUT2D eigenvalue weighted by Crippen LogP contribution is 2.63. The van der Waals surface area contributed by atoms with Crippen LogP contribution in [0.3, 0.4) is 0 Å². The molecule has 0 radical (unpaired) electrons. The van der Waals surface area contributed by atoms with Gasteiger partial charge in [0, 0.05) is 31.6 Å². The first-order valence-electron chi connectivity index (χ1n) is 18.1. The van der Waals surface area contributed by atoms with Crippen molar-refractivity contribution in [3.05, 3.63) is 106 Å². The molecule has 1 N–H and O–H groups in total. The molecule has 3 aromatic rings. The monoisotopic (exact) mass is 725 g/mol. The predicted octanol–water partition coefficient (Wildman–Crippen LogP) is 5.75. The zero-order valence-corrected chi connectivity index (χ0v) is 29.7. The number of hydrogen-bond donors (Lipinski definition) is 1. The molecule has 0 spiro atoms. The third kappa shape index (κ3) is 5.58. The van der Waals surface area contributed by atoms with E-state index in [9.17, 15) is 28.7 Å². The quantitative estimate of drug-likeness (QED) is 0.233. The fourth-order valence-corrected chi connectivity index (χ4v) is 9.92. The minimum Gasteiger partial charge on any atom is -0.491 e. The van der Waals surface area contributed by atoms with Crippen molar-refractivity contribution in [2.75, 3.05) is 31.2 Å². The third-order valence-electron chi connectivity index (χ3n) is 12.2. The Kier molecular flexibility index (Phi) is 9.04. The average molecular weight is 726 g/mol. The van der Waals surface area contributed by atoms with Crippen molar-refractivity contribution < 1.29 is 33.4 Å². The summed E-state index contributed by atoms with van der Waals surface area (Å²) < 4.78 is 19.8. The Balaban J connectivity index is 1.12. The minimum absolute atomic E-state index is 0.125. The number of allylic oxidation sites excluding steroid dienone is 2. The number of benzene rings is 3. The van der Waals surface area contributed by atoms with Crippen LogP contribution in [0.5, 0.6) is 5.75 Å². The van der Waals surface area contributed by atoms with E-state index in [0.29, 0.717) is 25.0 Å². The van der Waals surface area contributed by atoms with Gasteiger partial charge >= 0.3 is 0 Å². The van der Waals surface area contributed by atoms with Crippen LogP contribution in [0.15, 0.2) is 84.4 Å². The number of likely N-dealkylation sites (tertiary alicyclic amines) is 2. The van der Waals surface area contributed by atoms with Gasteiger partial charge in [0.2, 0.25) is 23.6 Å². The van der Waals surface area contributed by atoms with E-state index < -0.39 is 52.6 Å². The van der Waals surface area contributed by atoms with Gasteiger partial charge in [-0.1, -0.05) is 65.7 Å². The molecule has 2 aliphatic carbocycles. The van der Waals surface area contributed by atoms with Crippen LogP contribution in [-0.2, 0) is 25.7 Å². The van der Waals surface area contributed by atoms with E-state index in [0.717, 1.165) is 41.7 Å². The molecule has 5 aliphatic rings. The van der Waals surface area contributed by atoms with E-state index in [1.165, 1.54) is 22.6 Å². The maximum absolute atomic E-state index is 14.6. The first-order chi connectivity index (χ1) is 25.1. The summed E-state index contributed by atoms with van der Waals surface area (Å²) >= 11 is 6.13. The zero-order valence-electron chi connectivity index (χ0n) is 28.9. The second kappa shape index (κ2) is 13.5. The van der Waals surface area contributed by atoms with Gasteiger partial charge < -0.3 is 9.84 Å². The molecule has 3 saturated heterocycles. The van der Waals surface area contributed by atoms with E-state index in [4.69, 9.17) is 16.3 Å². The molecule has 9 nitrogen and oxygen atoms in total. The van der Waals surface area contributed by atoms with Crippen LogP contribution in [0.4, 0.5) is 10.1 Å². The topological polar surface area (TPSA) is 107 Å². The van der Waals surface area contributed by atoms with E-state index in [1.54, 1.807) is 12.1 Å². The highest BCUT2D eigenvalue weighted by atomic mass is 35.5. The van der Waals surface area contributed by atoms with Gasteiger partial charge in [-0.3, -0.25) is 29.0 Å². The van der Waals surface area contributed by atoms with Crippen LogP contribution in [0.25, 0.3) is 0 Å². The first kappa shape index (κ1) is 34.7. The summed E-state index contributed by atoms with van der Waals surface area (Å²) in [6, 6.07) is 21.2. The Morgan fingerprint density at radius 2 is 1.65 bits per heavy atom. The van der Waals surface area contributed by atoms with Gasteiger partial charge in [0.1, 0.15) is 18.2 Å². The second-order valence-electron chi connectivity index (χ2n) is 14.9. The molecular weight excluding hydrogens is 685 g/mol. The van der Waals surface area contributed by atoms with Crippen LogP contribution in [0.1, 0.15) is 49.7 Å². The molecule has 0 unspecified atom stereocenters. The van der Waals surface area contributed by atoms with Gasteiger partial charge in [-0.05, 0) is 80.0 Å². The summed E-state index contributed by atoms with van der Waals surface area (Å²) in [4.78, 5) is 62.8. The fourth-order valence-electron chi connectivity index (χ4n) is 9.75. The lowest BCUT2D eigenvalue weighted by molar-refractivity contribution is -0.144. The molecular formula is C41H41ClFN3O6. The van der Waals surface area contributed by atoms with Crippen LogP contribution in [-0.4, -0.2) is 70.9 Å². The summed E-state index contributed by atoms with van der Waals surface area (Å²) in [5.74, 6) is -4.26. The largest absolute Gasteiger partial charge is 0.491 e. The lowest BCUT2D eigenvalue weighted by Gasteiger charge is -2.49. The number of aliphatic hydroxyl groups excluding tert-OH is 1. The van der Waals surface area contributed by atoms with E-state index in [2.05, 4.69) is 17.0 Å². The second-order valence-corrected chi connectivity index (χ2v) is 15.3. The lowest BCUT2D eigenvalue weighted by atomic mass is 9.51. The minimum atomic E-state index is -1.24. The molecule has 3 aliphatic heterocycles. The highest BCUT2D eigenvalue weighted by molar-refractivity contribution is 6.31. The molecule has 3 heterocycles. The number of ether oxygens (including phenoxy) is 1. The molecule has 4 amide bonds. The van der Waals surface area contributed by atoms with Crippen molar-refractivity contribution in [1.82, 2.24) is 9.80 Å². The standard InChI is InChI=1S/C41H41ClFN3O6/c1-41-32(38(49)46(40(41)51)27-9-14-34(43)33(42)21-27)22-31-29(36(41)25-7-10-28(11-8-25)52-20-19-47)12-13-30-35(31)39(50)45(37(30)48)26-15-17-44(18-16-26)23-24-5-3-2-4-6-24/h2-12,14,21,26,30-32,35-36,47H,13,15-20,22-23H2,1H3/t30-,31+,32-,35-,36-,41+/m0/s1. The van der Waals surface area contributed by atoms with Gasteiger partial charge in [0.05, 0.1) is 40.5 Å². The maximum atomic E-state index is 14.6. The summed E-state index contributed by atoms with van der Waals surface area (Å²) in [6.07, 6.45) is 4.05. The number of aliphatic hydroxyl groups is 1. The number of hydrogen-bond acceptors (Lipinski definition) is 7. The third-order valence-corrected chi connectivity index (χ3v) is 12.5. The summed E-state index contributed by atoms with van der Waals surface area (Å²) in [6.45, 7) is 4.17. The number of amides is 4. The fraction of sp³-hybridized carbons (Fsp3) is 0.415. The number of piperidine rings is 1. The van der Waals surface area contributed by atoms with Crippen molar-refractivity contribution in [2.45, 2.75) is 51.1 Å². The molecule has 8 rings (SSSR count). The predicted molar refractivity (Wildman–Crippen MR) is 192 cm³/mol. The van der Waals surface area contributed by atoms with Crippen LogP contribution >= 0.6 is 11.6 Å². The van der Waals surface area contributed by atoms with E-state index in [1.807, 2.05) is 43.3 Å². The number of carbonyl (C=O) groups excluding carboxylic acids is 4. The van der Waals surface area contributed by atoms with Crippen molar-refractivity contribution in [1.29, 1.82) is 0 Å². The molecule has 0 bridgehead atoms. The Hall–Kier alpha value is -4.38. The van der Waals surface area contributed by atoms with Crippen LogP contribution < -0.4 is 9.64 Å². The molecule has 270 valence electrons. The number of halogens is 2. The van der Waals surface area contributed by atoms with Gasteiger partial charge in [-0.15, -0.1) is 0 Å². The Morgan fingerprint density at radius 1 is 0.923 bits per heavy atom. The van der Waals surface area contributed by atoms with Crippen molar-refractivity contribution in [3.8, 4) is 5.75 Å². The van der Waals surface area contributed by atoms with Crippen molar-refractivity contribution in [2.24, 2.45) is 29.1 Å². The highest BCUT2D eigenvalue weighted by Gasteiger charge is 2.67. The van der Waals surface area contributed by atoms with Crippen molar-refractivity contribution in [3.63, 3.8) is 0 Å². The van der Waals surface area contributed by atoms with E-state index in [-0.39, 0.29) is 48.2 Å². The molecule has 0 aromatic heterocycles. The van der Waals surface area contributed by atoms with Crippen molar-refractivity contribution >= 4 is 40.9 Å². The smallest absolute Gasteiger partial charge is 0.241 e. The molecule has 52 heavy (non-hydrogen) atoms. The number of rotatable bonds is 8. The maximum Gasteiger partial charge on any atom is 0.241 e. The van der Waals surface area contributed by atoms with Gasteiger partial charge in [0.25, 0.3) is 0 Å². The Morgan fingerprint density at radius 3 is 2.35 bits per heavy atom. The zero-order chi connectivity index (χ0) is 36.3. The Labute approximate surface area is 307 Å². The molecule has 4 fully saturated rings. The molecule has 11 heteroatoms. The van der Waals surface area contributed by atoms with Gasteiger partial charge in [-0.2, -0.15) is 0 Å². The number of nitrogens with zero attached hydrogens (tertiary/aromatic N) is 3. The van der Waals surface area contributed by atoms with E-state index >= 15 is 0 Å². The Bertz CT molecular complexity index is 1950. The lowest BCUT2D eigenvalue weighted by Crippen LogP contribution is -2.49. The number of carbonyl (C=O) groups is 4. The number of anilines is 1. The normalized spacial score (nSPS) is 29.2. The molecule has 1 saturated carbocycles. The summed E-state index contributed by atoms with van der Waals surface area (Å²) in [5.41, 5.74) is 1.85. The molecule has 3 aromatic carbocycles. The molecule has 6 atom stereocenters. The summed E-state index contributed by atoms with van der Waals surface area (Å²) in [5, 5.41) is 9.05. The van der Waals surface area contributed by atoms with Gasteiger partial charge in [0.15, 0.2) is 0 Å². The van der Waals surface area contributed by atoms with Crippen LogP contribution in [0.2, 0.25) is 5.02 Å². The van der Waals surface area contributed by atoms with Gasteiger partial charge in [-0.25, -0.2) is 9.29 Å². The SMILES string of the molecule is C[C@@]12C(=O)N(c3ccc(F)c(Cl)c3)C(=O)[C@@H]1C[C@@H]1C(=CC[C@@H]3C(=O)N(C4CCN(Cc5ccccc5)CC4)C(=O)[C@@H]31)[C@@H]2c1ccc(OCCO)cc1. The van der Waals surface area contributed by atoms with Crippen LogP contribution in [0, 0.1) is 34.9 Å². The average Bonchev–Trinajstić information content (AvgIpc) is 3.52. The number of fused-ring (bicyclic) bond motifs is 4. The number of imide groups is 2.